The van der Waals surface area contributed by atoms with E-state index < -0.39 is 5.41 Å². The van der Waals surface area contributed by atoms with Gasteiger partial charge in [0.05, 0.1) is 11.3 Å². The van der Waals surface area contributed by atoms with Gasteiger partial charge in [-0.25, -0.2) is 0 Å². The summed E-state index contributed by atoms with van der Waals surface area (Å²) in [6.07, 6.45) is 1.38. The van der Waals surface area contributed by atoms with Crippen LogP contribution in [0.3, 0.4) is 0 Å². The minimum atomic E-state index is -0.433. The molecule has 1 aromatic carbocycles. The van der Waals surface area contributed by atoms with Crippen molar-refractivity contribution in [3.63, 3.8) is 0 Å². The number of amides is 4. The monoisotopic (exact) mass is 330 g/mol. The summed E-state index contributed by atoms with van der Waals surface area (Å²) in [7, 11) is 1.54. The predicted molar refractivity (Wildman–Crippen MR) is 87.7 cm³/mol. The Morgan fingerprint density at radius 1 is 1.17 bits per heavy atom. The number of likely N-dealkylation sites (tertiary alicyclic amines) is 1. The summed E-state index contributed by atoms with van der Waals surface area (Å²) in [4.78, 5) is 45.8. The van der Waals surface area contributed by atoms with Crippen LogP contribution in [0.15, 0.2) is 30.3 Å². The molecule has 3 rings (SSSR count). The highest BCUT2D eigenvalue weighted by Crippen LogP contribution is 2.30. The number of nitrogens with one attached hydrogen (secondary N) is 1. The fraction of sp³-hybridized carbons (Fsp3) is 0.444. The molecule has 2 heterocycles. The second kappa shape index (κ2) is 6.95. The van der Waals surface area contributed by atoms with Gasteiger partial charge in [-0.3, -0.25) is 29.4 Å². The van der Waals surface area contributed by atoms with Gasteiger partial charge in [-0.05, 0) is 12.0 Å². The summed E-state index contributed by atoms with van der Waals surface area (Å²) < 4.78 is 0. The van der Waals surface area contributed by atoms with Crippen molar-refractivity contribution in [2.45, 2.75) is 39.0 Å². The van der Waals surface area contributed by atoms with Gasteiger partial charge in [-0.1, -0.05) is 44.2 Å². The van der Waals surface area contributed by atoms with E-state index in [1.165, 1.54) is 11.9 Å². The molecule has 0 radical (unpaired) electrons. The van der Waals surface area contributed by atoms with Crippen LogP contribution in [0.5, 0.6) is 0 Å². The van der Waals surface area contributed by atoms with Crippen LogP contribution in [0, 0.1) is 5.41 Å². The standard InChI is InChI=1S/C11H11NO2.C7H11NO2/c1-12-10(13)7-9(11(12)14)8-5-3-2-4-6-8;1-3-7(2)4-5(9)8-6(7)10/h2-6,9H,7H2,1H3;3-4H2,1-2H3,(H,8,9,10). The maximum absolute atomic E-state index is 11.6. The molecule has 0 spiro atoms. The van der Waals surface area contributed by atoms with Crippen molar-refractivity contribution in [1.29, 1.82) is 0 Å². The molecule has 2 unspecified atom stereocenters. The maximum atomic E-state index is 11.6. The van der Waals surface area contributed by atoms with Crippen LogP contribution >= 0.6 is 0 Å². The highest BCUT2D eigenvalue weighted by atomic mass is 16.2. The van der Waals surface area contributed by atoms with Crippen LogP contribution in [-0.2, 0) is 19.2 Å². The summed E-state index contributed by atoms with van der Waals surface area (Å²) in [5.41, 5.74) is 0.493. The van der Waals surface area contributed by atoms with Crippen molar-refractivity contribution in [2.24, 2.45) is 5.41 Å². The van der Waals surface area contributed by atoms with E-state index in [-0.39, 0.29) is 29.5 Å². The molecule has 1 aromatic rings. The topological polar surface area (TPSA) is 83.6 Å². The largest absolute Gasteiger partial charge is 0.296 e. The molecule has 4 amide bonds. The number of rotatable bonds is 2. The molecule has 24 heavy (non-hydrogen) atoms. The third-order valence-electron chi connectivity index (χ3n) is 4.72. The van der Waals surface area contributed by atoms with Gasteiger partial charge in [0.2, 0.25) is 23.6 Å². The van der Waals surface area contributed by atoms with Gasteiger partial charge in [0.1, 0.15) is 0 Å². The summed E-state index contributed by atoms with van der Waals surface area (Å²) in [6.45, 7) is 3.73. The summed E-state index contributed by atoms with van der Waals surface area (Å²) in [6, 6.07) is 9.43. The van der Waals surface area contributed by atoms with Gasteiger partial charge >= 0.3 is 0 Å². The molecule has 128 valence electrons. The normalized spacial score (nSPS) is 26.3. The molecule has 2 fully saturated rings. The smallest absolute Gasteiger partial charge is 0.236 e. The highest BCUT2D eigenvalue weighted by molar-refractivity contribution is 6.06. The molecule has 0 bridgehead atoms. The summed E-state index contributed by atoms with van der Waals surface area (Å²) in [5.74, 6) is -0.729. The van der Waals surface area contributed by atoms with Crippen molar-refractivity contribution in [1.82, 2.24) is 10.2 Å². The Balaban J connectivity index is 0.000000185. The number of carbonyl (C=O) groups is 4. The third-order valence-corrected chi connectivity index (χ3v) is 4.72. The SMILES string of the molecule is CCC1(C)CC(=O)NC1=O.CN1C(=O)CC(c2ccccc2)C1=O. The van der Waals surface area contributed by atoms with Gasteiger partial charge in [-0.15, -0.1) is 0 Å². The Kier molecular flexibility index (Phi) is 5.17. The summed E-state index contributed by atoms with van der Waals surface area (Å²) >= 11 is 0. The van der Waals surface area contributed by atoms with E-state index in [9.17, 15) is 19.2 Å². The summed E-state index contributed by atoms with van der Waals surface area (Å²) in [5, 5.41) is 2.28. The number of benzene rings is 1. The first-order chi connectivity index (χ1) is 11.3. The van der Waals surface area contributed by atoms with E-state index >= 15 is 0 Å². The first kappa shape index (κ1) is 17.8. The van der Waals surface area contributed by atoms with Crippen molar-refractivity contribution < 1.29 is 19.2 Å². The van der Waals surface area contributed by atoms with Gasteiger partial charge in [0.15, 0.2) is 0 Å². The zero-order chi connectivity index (χ0) is 17.9. The van der Waals surface area contributed by atoms with Crippen LogP contribution in [0.25, 0.3) is 0 Å². The van der Waals surface area contributed by atoms with Crippen molar-refractivity contribution >= 4 is 23.6 Å². The first-order valence-corrected chi connectivity index (χ1v) is 7.98. The van der Waals surface area contributed by atoms with E-state index in [1.807, 2.05) is 44.2 Å². The Morgan fingerprint density at radius 2 is 1.79 bits per heavy atom. The zero-order valence-electron chi connectivity index (χ0n) is 14.2. The lowest BCUT2D eigenvalue weighted by atomic mass is 9.86. The van der Waals surface area contributed by atoms with Crippen molar-refractivity contribution in [3.05, 3.63) is 35.9 Å². The van der Waals surface area contributed by atoms with Gasteiger partial charge in [0, 0.05) is 19.9 Å². The predicted octanol–water partition coefficient (Wildman–Crippen LogP) is 1.61. The Bertz CT molecular complexity index is 671. The average Bonchev–Trinajstić information content (AvgIpc) is 2.99. The fourth-order valence-electron chi connectivity index (χ4n) is 2.74. The molecular weight excluding hydrogens is 308 g/mol. The Morgan fingerprint density at radius 3 is 2.17 bits per heavy atom. The molecule has 2 atom stereocenters. The highest BCUT2D eigenvalue weighted by Gasteiger charge is 2.40. The lowest BCUT2D eigenvalue weighted by molar-refractivity contribution is -0.137. The van der Waals surface area contributed by atoms with E-state index in [1.54, 1.807) is 0 Å². The van der Waals surface area contributed by atoms with Crippen LogP contribution in [0.2, 0.25) is 0 Å². The molecule has 1 N–H and O–H groups in total. The number of carbonyl (C=O) groups excluding carboxylic acids is 4. The third kappa shape index (κ3) is 3.53. The van der Waals surface area contributed by atoms with Crippen LogP contribution < -0.4 is 5.32 Å². The average molecular weight is 330 g/mol. The lowest BCUT2D eigenvalue weighted by Gasteiger charge is -2.14. The molecular formula is C18H22N2O4. The number of imide groups is 2. The molecule has 6 nitrogen and oxygen atoms in total. The minimum absolute atomic E-state index is 0.0937. The first-order valence-electron chi connectivity index (χ1n) is 7.98. The second-order valence-corrected chi connectivity index (χ2v) is 6.43. The van der Waals surface area contributed by atoms with Gasteiger partial charge in [-0.2, -0.15) is 0 Å². The van der Waals surface area contributed by atoms with Gasteiger partial charge < -0.3 is 0 Å². The van der Waals surface area contributed by atoms with E-state index in [2.05, 4.69) is 5.32 Å². The number of hydrogen-bond acceptors (Lipinski definition) is 4. The van der Waals surface area contributed by atoms with E-state index in [0.717, 1.165) is 12.0 Å². The molecule has 2 aliphatic heterocycles. The Labute approximate surface area is 141 Å². The van der Waals surface area contributed by atoms with E-state index in [0.29, 0.717) is 12.8 Å². The van der Waals surface area contributed by atoms with Crippen LogP contribution in [0.4, 0.5) is 0 Å². The molecule has 2 saturated heterocycles. The van der Waals surface area contributed by atoms with Crippen molar-refractivity contribution in [2.75, 3.05) is 7.05 Å². The minimum Gasteiger partial charge on any atom is -0.296 e. The molecule has 0 aromatic heterocycles. The van der Waals surface area contributed by atoms with Gasteiger partial charge in [0.25, 0.3) is 0 Å². The Hall–Kier alpha value is -2.50. The number of likely N-dealkylation sites (N-methyl/N-ethyl adjacent to an activating group) is 1. The van der Waals surface area contributed by atoms with Crippen LogP contribution in [-0.4, -0.2) is 35.6 Å². The number of hydrogen-bond donors (Lipinski definition) is 1. The lowest BCUT2D eigenvalue weighted by Crippen LogP contribution is -2.28. The van der Waals surface area contributed by atoms with E-state index in [4.69, 9.17) is 0 Å². The zero-order valence-corrected chi connectivity index (χ0v) is 14.2. The molecule has 2 aliphatic rings. The number of nitrogens with zero attached hydrogens (tertiary/aromatic N) is 1. The molecule has 6 heteroatoms. The molecule has 0 saturated carbocycles. The van der Waals surface area contributed by atoms with Crippen LogP contribution in [0.1, 0.15) is 44.6 Å². The molecule has 0 aliphatic carbocycles. The quantitative estimate of drug-likeness (QED) is 0.835. The second-order valence-electron chi connectivity index (χ2n) is 6.43. The van der Waals surface area contributed by atoms with Crippen molar-refractivity contribution in [3.8, 4) is 0 Å². The fourth-order valence-corrected chi connectivity index (χ4v) is 2.74. The maximum Gasteiger partial charge on any atom is 0.236 e.